The maximum atomic E-state index is 10.6. The third kappa shape index (κ3) is 1.57. The van der Waals surface area contributed by atoms with Crippen molar-refractivity contribution in [2.24, 2.45) is 0 Å². The minimum Gasteiger partial charge on any atom is -0.381 e. The molecular weight excluding hydrogens is 180 g/mol. The van der Waals surface area contributed by atoms with Crippen molar-refractivity contribution in [2.75, 3.05) is 13.2 Å². The first-order valence-corrected chi connectivity index (χ1v) is 4.90. The van der Waals surface area contributed by atoms with E-state index in [-0.39, 0.29) is 0 Å². The highest BCUT2D eigenvalue weighted by Gasteiger charge is 2.18. The van der Waals surface area contributed by atoms with E-state index in [0.29, 0.717) is 11.6 Å². The van der Waals surface area contributed by atoms with E-state index in [0.717, 1.165) is 38.0 Å². The van der Waals surface area contributed by atoms with Gasteiger partial charge in [-0.1, -0.05) is 0 Å². The number of rotatable bonds is 2. The van der Waals surface area contributed by atoms with Gasteiger partial charge in [0.25, 0.3) is 0 Å². The van der Waals surface area contributed by atoms with Gasteiger partial charge < -0.3 is 4.74 Å². The molecule has 0 spiro atoms. The van der Waals surface area contributed by atoms with Crippen LogP contribution in [0.4, 0.5) is 0 Å². The summed E-state index contributed by atoms with van der Waals surface area (Å²) < 4.78 is 7.23. The molecule has 0 unspecified atom stereocenters. The summed E-state index contributed by atoms with van der Waals surface area (Å²) in [5.41, 5.74) is 1.66. The van der Waals surface area contributed by atoms with Crippen LogP contribution in [0.15, 0.2) is 6.20 Å². The molecule has 1 aliphatic rings. The molecule has 0 N–H and O–H groups in total. The summed E-state index contributed by atoms with van der Waals surface area (Å²) in [5.74, 6) is 0. The molecule has 1 aromatic heterocycles. The van der Waals surface area contributed by atoms with E-state index in [1.165, 1.54) is 0 Å². The van der Waals surface area contributed by atoms with Crippen molar-refractivity contribution in [2.45, 2.75) is 25.8 Å². The average Bonchev–Trinajstić information content (AvgIpc) is 2.61. The number of hydrogen-bond donors (Lipinski definition) is 0. The summed E-state index contributed by atoms with van der Waals surface area (Å²) >= 11 is 0. The van der Waals surface area contributed by atoms with Crippen molar-refractivity contribution < 1.29 is 9.53 Å². The molecule has 0 aliphatic carbocycles. The van der Waals surface area contributed by atoms with Crippen LogP contribution in [-0.4, -0.2) is 29.3 Å². The van der Waals surface area contributed by atoms with Crippen molar-refractivity contribution in [3.05, 3.63) is 17.5 Å². The molecule has 0 aromatic carbocycles. The molecule has 4 heteroatoms. The third-order valence-electron chi connectivity index (χ3n) is 2.75. The van der Waals surface area contributed by atoms with Crippen molar-refractivity contribution in [3.8, 4) is 0 Å². The fraction of sp³-hybridized carbons (Fsp3) is 0.600. The van der Waals surface area contributed by atoms with E-state index in [2.05, 4.69) is 5.10 Å². The molecule has 1 aromatic rings. The number of aldehydes is 1. The van der Waals surface area contributed by atoms with E-state index in [9.17, 15) is 4.79 Å². The van der Waals surface area contributed by atoms with Crippen LogP contribution < -0.4 is 0 Å². The lowest BCUT2D eigenvalue weighted by atomic mass is 10.1. The van der Waals surface area contributed by atoms with Gasteiger partial charge in [-0.2, -0.15) is 5.10 Å². The average molecular weight is 194 g/mol. The quantitative estimate of drug-likeness (QED) is 0.667. The van der Waals surface area contributed by atoms with Gasteiger partial charge in [0.05, 0.1) is 17.8 Å². The predicted octanol–water partition coefficient (Wildman–Crippen LogP) is 1.36. The molecule has 0 amide bonds. The molecule has 0 saturated carbocycles. The topological polar surface area (TPSA) is 44.1 Å². The zero-order valence-corrected chi connectivity index (χ0v) is 8.27. The zero-order chi connectivity index (χ0) is 9.97. The number of hydrogen-bond acceptors (Lipinski definition) is 3. The Kier molecular flexibility index (Phi) is 2.63. The van der Waals surface area contributed by atoms with E-state index >= 15 is 0 Å². The minimum absolute atomic E-state index is 0.400. The van der Waals surface area contributed by atoms with Crippen LogP contribution in [0.25, 0.3) is 0 Å². The largest absolute Gasteiger partial charge is 0.381 e. The maximum absolute atomic E-state index is 10.6. The standard InChI is InChI=1S/C10H14N2O2/c1-8-9(7-13)6-11-12(8)10-2-4-14-5-3-10/h6-7,10H,2-5H2,1H3. The number of carbonyl (C=O) groups excluding carboxylic acids is 1. The van der Waals surface area contributed by atoms with Gasteiger partial charge in [0.15, 0.2) is 6.29 Å². The molecule has 2 rings (SSSR count). The maximum Gasteiger partial charge on any atom is 0.153 e. The van der Waals surface area contributed by atoms with E-state index < -0.39 is 0 Å². The number of aromatic nitrogens is 2. The molecule has 0 atom stereocenters. The van der Waals surface area contributed by atoms with Gasteiger partial charge in [0, 0.05) is 18.9 Å². The zero-order valence-electron chi connectivity index (χ0n) is 8.27. The normalized spacial score (nSPS) is 18.4. The lowest BCUT2D eigenvalue weighted by Crippen LogP contribution is -2.21. The summed E-state index contributed by atoms with van der Waals surface area (Å²) in [4.78, 5) is 10.6. The first-order valence-electron chi connectivity index (χ1n) is 4.90. The fourth-order valence-electron chi connectivity index (χ4n) is 1.85. The number of ether oxygens (including phenoxy) is 1. The van der Waals surface area contributed by atoms with Gasteiger partial charge in [-0.15, -0.1) is 0 Å². The van der Waals surface area contributed by atoms with Crippen LogP contribution in [0.1, 0.15) is 34.9 Å². The molecule has 4 nitrogen and oxygen atoms in total. The van der Waals surface area contributed by atoms with Crippen LogP contribution >= 0.6 is 0 Å². The lowest BCUT2D eigenvalue weighted by molar-refractivity contribution is 0.0656. The summed E-state index contributed by atoms with van der Waals surface area (Å²) in [5, 5.41) is 4.24. The second-order valence-electron chi connectivity index (χ2n) is 3.59. The summed E-state index contributed by atoms with van der Waals surface area (Å²) in [6.07, 6.45) is 4.47. The van der Waals surface area contributed by atoms with Gasteiger partial charge in [-0.25, -0.2) is 0 Å². The Balaban J connectivity index is 2.22. The summed E-state index contributed by atoms with van der Waals surface area (Å²) in [6.45, 7) is 3.52. The Labute approximate surface area is 82.9 Å². The molecular formula is C10H14N2O2. The van der Waals surface area contributed by atoms with Gasteiger partial charge in [-0.3, -0.25) is 9.48 Å². The number of carbonyl (C=O) groups is 1. The highest BCUT2D eigenvalue weighted by atomic mass is 16.5. The first-order chi connectivity index (χ1) is 6.83. The van der Waals surface area contributed by atoms with Crippen LogP contribution in [-0.2, 0) is 4.74 Å². The Morgan fingerprint density at radius 2 is 2.29 bits per heavy atom. The van der Waals surface area contributed by atoms with Crippen LogP contribution in [0.5, 0.6) is 0 Å². The van der Waals surface area contributed by atoms with Crippen molar-refractivity contribution >= 4 is 6.29 Å². The number of nitrogens with zero attached hydrogens (tertiary/aromatic N) is 2. The van der Waals surface area contributed by atoms with Crippen molar-refractivity contribution in [1.82, 2.24) is 9.78 Å². The molecule has 1 saturated heterocycles. The molecule has 1 aliphatic heterocycles. The monoisotopic (exact) mass is 194 g/mol. The van der Waals surface area contributed by atoms with Gasteiger partial charge in [-0.05, 0) is 19.8 Å². The fourth-order valence-corrected chi connectivity index (χ4v) is 1.85. The van der Waals surface area contributed by atoms with Crippen molar-refractivity contribution in [1.29, 1.82) is 0 Å². The molecule has 0 bridgehead atoms. The highest BCUT2D eigenvalue weighted by Crippen LogP contribution is 2.22. The molecule has 0 radical (unpaired) electrons. The van der Waals surface area contributed by atoms with Gasteiger partial charge in [0.2, 0.25) is 0 Å². The van der Waals surface area contributed by atoms with Crippen LogP contribution in [0.3, 0.4) is 0 Å². The first kappa shape index (κ1) is 9.40. The Morgan fingerprint density at radius 1 is 1.57 bits per heavy atom. The Morgan fingerprint density at radius 3 is 2.86 bits per heavy atom. The third-order valence-corrected chi connectivity index (χ3v) is 2.75. The second-order valence-corrected chi connectivity index (χ2v) is 3.59. The van der Waals surface area contributed by atoms with Crippen molar-refractivity contribution in [3.63, 3.8) is 0 Å². The lowest BCUT2D eigenvalue weighted by Gasteiger charge is -2.23. The molecule has 2 heterocycles. The van der Waals surface area contributed by atoms with Gasteiger partial charge in [0.1, 0.15) is 0 Å². The van der Waals surface area contributed by atoms with Crippen LogP contribution in [0.2, 0.25) is 0 Å². The highest BCUT2D eigenvalue weighted by molar-refractivity contribution is 5.75. The van der Waals surface area contributed by atoms with Crippen LogP contribution in [0, 0.1) is 6.92 Å². The predicted molar refractivity (Wildman–Crippen MR) is 51.4 cm³/mol. The molecule has 76 valence electrons. The smallest absolute Gasteiger partial charge is 0.153 e. The Bertz CT molecular complexity index is 327. The summed E-state index contributed by atoms with van der Waals surface area (Å²) in [6, 6.07) is 0.400. The van der Waals surface area contributed by atoms with E-state index in [4.69, 9.17) is 4.74 Å². The SMILES string of the molecule is Cc1c(C=O)cnn1C1CCOCC1. The summed E-state index contributed by atoms with van der Waals surface area (Å²) in [7, 11) is 0. The Hall–Kier alpha value is -1.16. The molecule has 14 heavy (non-hydrogen) atoms. The van der Waals surface area contributed by atoms with Gasteiger partial charge >= 0.3 is 0 Å². The molecule has 1 fully saturated rings. The van der Waals surface area contributed by atoms with E-state index in [1.54, 1.807) is 6.20 Å². The van der Waals surface area contributed by atoms with E-state index in [1.807, 2.05) is 11.6 Å². The second kappa shape index (κ2) is 3.92. The minimum atomic E-state index is 0.400.